The van der Waals surface area contributed by atoms with Gasteiger partial charge in [-0.15, -0.1) is 0 Å². The molecule has 0 saturated carbocycles. The van der Waals surface area contributed by atoms with Gasteiger partial charge in [-0.3, -0.25) is 0 Å². The van der Waals surface area contributed by atoms with Crippen LogP contribution in [-0.2, 0) is 13.0 Å². The van der Waals surface area contributed by atoms with E-state index in [4.69, 9.17) is 0 Å². The van der Waals surface area contributed by atoms with Gasteiger partial charge in [-0.05, 0) is 49.9 Å². The van der Waals surface area contributed by atoms with Crippen LogP contribution in [0.1, 0.15) is 29.3 Å². The topological polar surface area (TPSA) is 36.9 Å². The van der Waals surface area contributed by atoms with E-state index in [0.717, 1.165) is 12.4 Å². The predicted molar refractivity (Wildman–Crippen MR) is 96.2 cm³/mol. The third kappa shape index (κ3) is 2.06. The highest BCUT2D eigenvalue weighted by molar-refractivity contribution is 5.88. The Morgan fingerprint density at radius 1 is 1.33 bits per heavy atom. The molecule has 0 bridgehead atoms. The van der Waals surface area contributed by atoms with Crippen molar-refractivity contribution in [3.63, 3.8) is 0 Å². The zero-order chi connectivity index (χ0) is 16.3. The molecule has 3 aromatic rings. The number of aromatic nitrogens is 3. The average molecular weight is 320 g/mol. The SMILES string of the molecule is Cc1nccn1C[C@H]1C[C@@H]2c3cccc4[nH]cc(c34)C[C@H]2N(C)C1. The standard InChI is InChI=1S/C20H24N4/c1-13-21-6-7-24(13)12-14-8-17-16-4-3-5-18-20(16)15(10-22-18)9-19(17)23(2)11-14/h3-7,10,14,17,19,22H,8-9,11-12H2,1-2H3/t14-,17+,19+/m0/s1. The molecule has 1 saturated heterocycles. The predicted octanol–water partition coefficient (Wildman–Crippen LogP) is 3.33. The molecule has 1 aromatic carbocycles. The van der Waals surface area contributed by atoms with Crippen LogP contribution >= 0.6 is 0 Å². The highest BCUT2D eigenvalue weighted by Gasteiger charge is 2.39. The average Bonchev–Trinajstić information content (AvgIpc) is 3.17. The van der Waals surface area contributed by atoms with Crippen LogP contribution in [0.4, 0.5) is 0 Å². The van der Waals surface area contributed by atoms with E-state index in [2.05, 4.69) is 64.0 Å². The van der Waals surface area contributed by atoms with Crippen LogP contribution in [-0.4, -0.2) is 39.1 Å². The number of likely N-dealkylation sites (N-methyl/N-ethyl adjacent to an activating group) is 1. The third-order valence-electron chi connectivity index (χ3n) is 6.19. The van der Waals surface area contributed by atoms with Crippen molar-refractivity contribution in [1.29, 1.82) is 0 Å². The minimum absolute atomic E-state index is 0.638. The van der Waals surface area contributed by atoms with Crippen molar-refractivity contribution in [1.82, 2.24) is 19.4 Å². The van der Waals surface area contributed by atoms with Crippen LogP contribution in [0.5, 0.6) is 0 Å². The van der Waals surface area contributed by atoms with Crippen LogP contribution in [0.25, 0.3) is 10.9 Å². The van der Waals surface area contributed by atoms with Gasteiger partial charge in [-0.25, -0.2) is 4.98 Å². The lowest BCUT2D eigenvalue weighted by Crippen LogP contribution is -2.48. The lowest BCUT2D eigenvalue weighted by atomic mass is 9.72. The van der Waals surface area contributed by atoms with E-state index < -0.39 is 0 Å². The number of likely N-dealkylation sites (tertiary alicyclic amines) is 1. The molecule has 3 atom stereocenters. The summed E-state index contributed by atoms with van der Waals surface area (Å²) in [7, 11) is 2.31. The summed E-state index contributed by atoms with van der Waals surface area (Å²) in [6, 6.07) is 7.42. The summed E-state index contributed by atoms with van der Waals surface area (Å²) in [5, 5.41) is 1.49. The summed E-state index contributed by atoms with van der Waals surface area (Å²) in [4.78, 5) is 10.4. The minimum atomic E-state index is 0.638. The first-order chi connectivity index (χ1) is 11.7. The van der Waals surface area contributed by atoms with Crippen LogP contribution in [0.15, 0.2) is 36.8 Å². The van der Waals surface area contributed by atoms with Crippen molar-refractivity contribution in [2.24, 2.45) is 5.92 Å². The molecule has 24 heavy (non-hydrogen) atoms. The van der Waals surface area contributed by atoms with Crippen molar-refractivity contribution >= 4 is 10.9 Å². The molecule has 0 radical (unpaired) electrons. The number of aromatic amines is 1. The first kappa shape index (κ1) is 14.3. The number of nitrogens with one attached hydrogen (secondary N) is 1. The molecule has 1 fully saturated rings. The van der Waals surface area contributed by atoms with Gasteiger partial charge in [0.25, 0.3) is 0 Å². The van der Waals surface area contributed by atoms with Gasteiger partial charge in [0.2, 0.25) is 0 Å². The molecule has 5 rings (SSSR count). The van der Waals surface area contributed by atoms with Gasteiger partial charge >= 0.3 is 0 Å². The van der Waals surface area contributed by atoms with Crippen LogP contribution < -0.4 is 0 Å². The highest BCUT2D eigenvalue weighted by atomic mass is 15.2. The Labute approximate surface area is 142 Å². The number of nitrogens with zero attached hydrogens (tertiary/aromatic N) is 3. The maximum Gasteiger partial charge on any atom is 0.105 e. The van der Waals surface area contributed by atoms with Gasteiger partial charge in [0.05, 0.1) is 0 Å². The monoisotopic (exact) mass is 320 g/mol. The number of fused-ring (bicyclic) bond motifs is 2. The second-order valence-electron chi connectivity index (χ2n) is 7.63. The van der Waals surface area contributed by atoms with E-state index in [9.17, 15) is 0 Å². The fourth-order valence-electron chi connectivity index (χ4n) is 5.06. The second-order valence-corrected chi connectivity index (χ2v) is 7.63. The second kappa shape index (κ2) is 5.21. The van der Waals surface area contributed by atoms with Gasteiger partial charge in [0, 0.05) is 54.5 Å². The molecular formula is C20H24N4. The molecule has 0 unspecified atom stereocenters. The Morgan fingerprint density at radius 2 is 2.25 bits per heavy atom. The van der Waals surface area contributed by atoms with E-state index in [-0.39, 0.29) is 0 Å². The lowest BCUT2D eigenvalue weighted by molar-refractivity contribution is 0.103. The normalized spacial score (nSPS) is 26.7. The summed E-state index contributed by atoms with van der Waals surface area (Å²) < 4.78 is 2.31. The van der Waals surface area contributed by atoms with Crippen molar-refractivity contribution in [3.8, 4) is 0 Å². The summed E-state index contributed by atoms with van der Waals surface area (Å²) in [5.74, 6) is 2.45. The number of H-pyrrole nitrogens is 1. The van der Waals surface area contributed by atoms with Gasteiger partial charge in [0.15, 0.2) is 0 Å². The van der Waals surface area contributed by atoms with Crippen molar-refractivity contribution in [3.05, 3.63) is 53.7 Å². The smallest absolute Gasteiger partial charge is 0.105 e. The fraction of sp³-hybridized carbons (Fsp3) is 0.450. The number of benzene rings is 1. The van der Waals surface area contributed by atoms with E-state index in [1.54, 1.807) is 5.56 Å². The van der Waals surface area contributed by atoms with Gasteiger partial charge < -0.3 is 14.5 Å². The maximum atomic E-state index is 4.38. The van der Waals surface area contributed by atoms with Crippen LogP contribution in [0, 0.1) is 12.8 Å². The number of aryl methyl sites for hydroxylation is 1. The summed E-state index contributed by atoms with van der Waals surface area (Å²) in [6.07, 6.45) is 8.70. The highest BCUT2D eigenvalue weighted by Crippen LogP contribution is 2.44. The Morgan fingerprint density at radius 3 is 3.08 bits per heavy atom. The third-order valence-corrected chi connectivity index (χ3v) is 6.19. The Bertz CT molecular complexity index is 890. The summed E-state index contributed by atoms with van der Waals surface area (Å²) in [6.45, 7) is 4.35. The molecular weight excluding hydrogens is 296 g/mol. The molecule has 0 amide bonds. The largest absolute Gasteiger partial charge is 0.361 e. The molecule has 1 N–H and O–H groups in total. The molecule has 1 aliphatic carbocycles. The molecule has 3 heterocycles. The van der Waals surface area contributed by atoms with Gasteiger partial charge in [-0.2, -0.15) is 0 Å². The van der Waals surface area contributed by atoms with Crippen molar-refractivity contribution in [2.45, 2.75) is 38.3 Å². The van der Waals surface area contributed by atoms with Crippen LogP contribution in [0.2, 0.25) is 0 Å². The fourth-order valence-corrected chi connectivity index (χ4v) is 5.06. The number of rotatable bonds is 2. The zero-order valence-corrected chi connectivity index (χ0v) is 14.4. The van der Waals surface area contributed by atoms with Gasteiger partial charge in [0.1, 0.15) is 5.82 Å². The minimum Gasteiger partial charge on any atom is -0.361 e. The number of imidazole rings is 1. The molecule has 124 valence electrons. The molecule has 4 nitrogen and oxygen atoms in total. The van der Waals surface area contributed by atoms with E-state index in [1.165, 1.54) is 35.9 Å². The quantitative estimate of drug-likeness (QED) is 0.786. The summed E-state index contributed by atoms with van der Waals surface area (Å²) in [5.41, 5.74) is 4.35. The lowest BCUT2D eigenvalue weighted by Gasteiger charge is -2.45. The summed E-state index contributed by atoms with van der Waals surface area (Å²) >= 11 is 0. The van der Waals surface area contributed by atoms with E-state index in [1.807, 2.05) is 6.20 Å². The Kier molecular flexibility index (Phi) is 3.10. The molecule has 1 aliphatic heterocycles. The Balaban J connectivity index is 1.50. The Hall–Kier alpha value is -2.07. The van der Waals surface area contributed by atoms with Gasteiger partial charge in [-0.1, -0.05) is 12.1 Å². The molecule has 4 heteroatoms. The molecule has 2 aromatic heterocycles. The number of hydrogen-bond acceptors (Lipinski definition) is 2. The first-order valence-corrected chi connectivity index (χ1v) is 8.97. The maximum absolute atomic E-state index is 4.38. The van der Waals surface area contributed by atoms with E-state index >= 15 is 0 Å². The number of hydrogen-bond donors (Lipinski definition) is 1. The molecule has 2 aliphatic rings. The van der Waals surface area contributed by atoms with Crippen molar-refractivity contribution in [2.75, 3.05) is 13.6 Å². The first-order valence-electron chi connectivity index (χ1n) is 8.97. The molecule has 0 spiro atoms. The van der Waals surface area contributed by atoms with Crippen LogP contribution in [0.3, 0.4) is 0 Å². The van der Waals surface area contributed by atoms with E-state index in [0.29, 0.717) is 17.9 Å². The number of piperidine rings is 1. The zero-order valence-electron chi connectivity index (χ0n) is 14.4. The van der Waals surface area contributed by atoms with Crippen molar-refractivity contribution < 1.29 is 0 Å².